The Hall–Kier alpha value is -2.12. The van der Waals surface area contributed by atoms with Crippen molar-refractivity contribution in [1.29, 1.82) is 0 Å². The molecule has 1 aliphatic heterocycles. The zero-order chi connectivity index (χ0) is 19.1. The Morgan fingerprint density at radius 2 is 1.93 bits per heavy atom. The molecule has 1 aromatic rings. The molecular formula is C19H29ClN4O3. The van der Waals surface area contributed by atoms with Gasteiger partial charge >= 0.3 is 0 Å². The Balaban J connectivity index is 0.00000364. The number of hydrogen-bond donors (Lipinski definition) is 3. The van der Waals surface area contributed by atoms with Crippen molar-refractivity contribution in [2.75, 3.05) is 13.1 Å². The van der Waals surface area contributed by atoms with Gasteiger partial charge in [-0.15, -0.1) is 12.4 Å². The topological polar surface area (TPSA) is 105 Å². The minimum atomic E-state index is -0.618. The van der Waals surface area contributed by atoms with Crippen LogP contribution in [0.5, 0.6) is 0 Å². The van der Waals surface area contributed by atoms with Crippen LogP contribution in [0.3, 0.4) is 0 Å². The first kappa shape index (κ1) is 22.9. The summed E-state index contributed by atoms with van der Waals surface area (Å²) in [6, 6.07) is 7.18. The first-order chi connectivity index (χ1) is 12.4. The van der Waals surface area contributed by atoms with Crippen molar-refractivity contribution in [3.63, 3.8) is 0 Å². The minimum absolute atomic E-state index is 0. The fourth-order valence-corrected chi connectivity index (χ4v) is 2.78. The zero-order valence-corrected chi connectivity index (χ0v) is 16.7. The van der Waals surface area contributed by atoms with Gasteiger partial charge in [0.1, 0.15) is 0 Å². The number of carbonyl (C=O) groups excluding carboxylic acids is 3. The summed E-state index contributed by atoms with van der Waals surface area (Å²) in [5, 5.41) is 5.32. The number of hydrogen-bond acceptors (Lipinski definition) is 4. The SMILES string of the molecule is CC(C)[C@H](N)C(=O)NCC(=O)NCc1cccc(CN2CCCC2=O)c1.Cl. The van der Waals surface area contributed by atoms with E-state index < -0.39 is 6.04 Å². The molecule has 7 nitrogen and oxygen atoms in total. The lowest BCUT2D eigenvalue weighted by Gasteiger charge is -2.16. The lowest BCUT2D eigenvalue weighted by Crippen LogP contribution is -2.47. The van der Waals surface area contributed by atoms with Gasteiger partial charge in [-0.2, -0.15) is 0 Å². The number of carbonyl (C=O) groups is 3. The fraction of sp³-hybridized carbons (Fsp3) is 0.526. The highest BCUT2D eigenvalue weighted by Crippen LogP contribution is 2.15. The van der Waals surface area contributed by atoms with E-state index in [4.69, 9.17) is 5.73 Å². The van der Waals surface area contributed by atoms with Crippen LogP contribution in [0, 0.1) is 5.92 Å². The number of nitrogens with one attached hydrogen (secondary N) is 2. The second kappa shape index (κ2) is 10.9. The number of halogens is 1. The molecule has 2 rings (SSSR count). The molecular weight excluding hydrogens is 368 g/mol. The summed E-state index contributed by atoms with van der Waals surface area (Å²) in [4.78, 5) is 37.2. The molecule has 1 heterocycles. The van der Waals surface area contributed by atoms with Crippen LogP contribution in [0.25, 0.3) is 0 Å². The number of nitrogens with two attached hydrogens (primary N) is 1. The maximum absolute atomic E-state index is 11.9. The number of nitrogens with zero attached hydrogens (tertiary/aromatic N) is 1. The molecule has 8 heteroatoms. The zero-order valence-electron chi connectivity index (χ0n) is 15.9. The molecule has 150 valence electrons. The molecule has 0 aliphatic carbocycles. The Bertz CT molecular complexity index is 666. The van der Waals surface area contributed by atoms with Crippen LogP contribution in [0.1, 0.15) is 37.8 Å². The molecule has 1 saturated heterocycles. The predicted octanol–water partition coefficient (Wildman–Crippen LogP) is 0.947. The highest BCUT2D eigenvalue weighted by Gasteiger charge is 2.20. The quantitative estimate of drug-likeness (QED) is 0.608. The average Bonchev–Trinajstić information content (AvgIpc) is 3.02. The Morgan fingerprint density at radius 1 is 1.22 bits per heavy atom. The molecule has 3 amide bonds. The minimum Gasteiger partial charge on any atom is -0.350 e. The molecule has 1 aliphatic rings. The smallest absolute Gasteiger partial charge is 0.239 e. The van der Waals surface area contributed by atoms with Gasteiger partial charge in [-0.25, -0.2) is 0 Å². The van der Waals surface area contributed by atoms with Crippen LogP contribution in [0.4, 0.5) is 0 Å². The summed E-state index contributed by atoms with van der Waals surface area (Å²) in [6.07, 6.45) is 1.54. The van der Waals surface area contributed by atoms with Crippen molar-refractivity contribution in [2.45, 2.75) is 45.8 Å². The second-order valence-electron chi connectivity index (χ2n) is 7.00. The van der Waals surface area contributed by atoms with Crippen LogP contribution in [0.15, 0.2) is 24.3 Å². The summed E-state index contributed by atoms with van der Waals surface area (Å²) in [7, 11) is 0. The van der Waals surface area contributed by atoms with Crippen molar-refractivity contribution in [3.8, 4) is 0 Å². The van der Waals surface area contributed by atoms with Crippen LogP contribution < -0.4 is 16.4 Å². The Morgan fingerprint density at radius 3 is 2.56 bits per heavy atom. The van der Waals surface area contributed by atoms with E-state index in [0.29, 0.717) is 19.5 Å². The molecule has 1 fully saturated rings. The maximum atomic E-state index is 11.9. The fourth-order valence-electron chi connectivity index (χ4n) is 2.78. The molecule has 1 aromatic carbocycles. The number of amides is 3. The maximum Gasteiger partial charge on any atom is 0.239 e. The number of rotatable bonds is 8. The van der Waals surface area contributed by atoms with Gasteiger partial charge < -0.3 is 21.3 Å². The van der Waals surface area contributed by atoms with E-state index in [1.807, 2.05) is 43.0 Å². The summed E-state index contributed by atoms with van der Waals surface area (Å²) < 4.78 is 0. The van der Waals surface area contributed by atoms with Crippen molar-refractivity contribution >= 4 is 30.1 Å². The molecule has 4 N–H and O–H groups in total. The summed E-state index contributed by atoms with van der Waals surface area (Å²) in [6.45, 7) is 5.38. The highest BCUT2D eigenvalue weighted by atomic mass is 35.5. The predicted molar refractivity (Wildman–Crippen MR) is 106 cm³/mol. The molecule has 0 aromatic heterocycles. The van der Waals surface area contributed by atoms with E-state index in [-0.39, 0.29) is 42.6 Å². The molecule has 0 spiro atoms. The van der Waals surface area contributed by atoms with E-state index in [0.717, 1.165) is 24.1 Å². The summed E-state index contributed by atoms with van der Waals surface area (Å²) >= 11 is 0. The van der Waals surface area contributed by atoms with E-state index in [1.54, 1.807) is 0 Å². The van der Waals surface area contributed by atoms with Crippen molar-refractivity contribution < 1.29 is 14.4 Å². The van der Waals surface area contributed by atoms with Crippen molar-refractivity contribution in [1.82, 2.24) is 15.5 Å². The van der Waals surface area contributed by atoms with Gasteiger partial charge in [0.15, 0.2) is 0 Å². The highest BCUT2D eigenvalue weighted by molar-refractivity contribution is 5.87. The summed E-state index contributed by atoms with van der Waals surface area (Å²) in [5.74, 6) is -0.385. The van der Waals surface area contributed by atoms with Crippen LogP contribution in [-0.4, -0.2) is 41.8 Å². The van der Waals surface area contributed by atoms with Crippen molar-refractivity contribution in [3.05, 3.63) is 35.4 Å². The first-order valence-electron chi connectivity index (χ1n) is 9.02. The van der Waals surface area contributed by atoms with E-state index in [2.05, 4.69) is 10.6 Å². The van der Waals surface area contributed by atoms with E-state index >= 15 is 0 Å². The lowest BCUT2D eigenvalue weighted by atomic mass is 10.1. The van der Waals surface area contributed by atoms with Crippen molar-refractivity contribution in [2.24, 2.45) is 11.7 Å². The van der Waals surface area contributed by atoms with Crippen LogP contribution >= 0.6 is 12.4 Å². The Labute approximate surface area is 166 Å². The van der Waals surface area contributed by atoms with E-state index in [9.17, 15) is 14.4 Å². The van der Waals surface area contributed by atoms with Gasteiger partial charge in [-0.1, -0.05) is 38.1 Å². The standard InChI is InChI=1S/C19H28N4O3.ClH/c1-13(2)18(20)19(26)22-11-16(24)21-10-14-5-3-6-15(9-14)12-23-8-4-7-17(23)25;/h3,5-6,9,13,18H,4,7-8,10-12,20H2,1-2H3,(H,21,24)(H,22,26);1H/t18-;/m0./s1. The average molecular weight is 397 g/mol. The molecule has 1 atom stereocenters. The van der Waals surface area contributed by atoms with Gasteiger partial charge in [0, 0.05) is 26.1 Å². The van der Waals surface area contributed by atoms with Crippen LogP contribution in [-0.2, 0) is 27.5 Å². The largest absolute Gasteiger partial charge is 0.350 e. The van der Waals surface area contributed by atoms with Gasteiger partial charge in [-0.3, -0.25) is 14.4 Å². The summed E-state index contributed by atoms with van der Waals surface area (Å²) in [5.41, 5.74) is 7.73. The third kappa shape index (κ3) is 7.19. The molecule has 27 heavy (non-hydrogen) atoms. The molecule has 0 radical (unpaired) electrons. The third-order valence-corrected chi connectivity index (χ3v) is 4.47. The van der Waals surface area contributed by atoms with Crippen LogP contribution in [0.2, 0.25) is 0 Å². The number of benzene rings is 1. The van der Waals surface area contributed by atoms with Gasteiger partial charge in [0.25, 0.3) is 0 Å². The third-order valence-electron chi connectivity index (χ3n) is 4.47. The van der Waals surface area contributed by atoms with Gasteiger partial charge in [0.2, 0.25) is 17.7 Å². The molecule has 0 unspecified atom stereocenters. The monoisotopic (exact) mass is 396 g/mol. The lowest BCUT2D eigenvalue weighted by molar-refractivity contribution is -0.128. The van der Waals surface area contributed by atoms with Gasteiger partial charge in [0.05, 0.1) is 12.6 Å². The Kier molecular flexibility index (Phi) is 9.25. The second-order valence-corrected chi connectivity index (χ2v) is 7.00. The molecule has 0 bridgehead atoms. The van der Waals surface area contributed by atoms with E-state index in [1.165, 1.54) is 0 Å². The first-order valence-corrected chi connectivity index (χ1v) is 9.02. The normalized spacial score (nSPS) is 14.7. The van der Waals surface area contributed by atoms with Gasteiger partial charge in [-0.05, 0) is 23.5 Å². The molecule has 0 saturated carbocycles. The number of likely N-dealkylation sites (tertiary alicyclic amines) is 1.